The van der Waals surface area contributed by atoms with Crippen molar-refractivity contribution >= 4 is 5.78 Å². The Kier molecular flexibility index (Phi) is 12.1. The first-order valence-electron chi connectivity index (χ1n) is 22.9. The first-order valence-corrected chi connectivity index (χ1v) is 22.9. The molecule has 5 aromatic carbocycles. The summed E-state index contributed by atoms with van der Waals surface area (Å²) in [6.07, 6.45) is 6.68. The van der Waals surface area contributed by atoms with Crippen LogP contribution in [0.1, 0.15) is 103 Å². The van der Waals surface area contributed by atoms with Gasteiger partial charge in [-0.25, -0.2) is 0 Å². The van der Waals surface area contributed by atoms with Crippen molar-refractivity contribution < 1.29 is 50.0 Å². The lowest BCUT2D eigenvalue weighted by atomic mass is 9.50. The summed E-state index contributed by atoms with van der Waals surface area (Å²) in [6.45, 7) is -0.0899. The second kappa shape index (κ2) is 17.9. The minimum atomic E-state index is -1.06. The van der Waals surface area contributed by atoms with Crippen molar-refractivity contribution in [3.63, 3.8) is 0 Å². The van der Waals surface area contributed by atoms with Crippen LogP contribution in [0.3, 0.4) is 0 Å². The van der Waals surface area contributed by atoms with Gasteiger partial charge in [0.25, 0.3) is 0 Å². The normalized spacial score (nSPS) is 25.7. The maximum Gasteiger partial charge on any atom is 0.200 e. The van der Waals surface area contributed by atoms with Gasteiger partial charge in [0.15, 0.2) is 23.0 Å². The molecule has 0 aliphatic heterocycles. The van der Waals surface area contributed by atoms with E-state index in [9.17, 15) is 40.5 Å². The van der Waals surface area contributed by atoms with E-state index in [2.05, 4.69) is 24.3 Å². The molecule has 11 heteroatoms. The number of hydrogen-bond acceptors (Lipinski definition) is 11. The van der Waals surface area contributed by atoms with Crippen LogP contribution in [0.4, 0.5) is 0 Å². The number of phenols is 6. The quantitative estimate of drug-likeness (QED) is 0.0415. The van der Waals surface area contributed by atoms with Crippen LogP contribution >= 0.6 is 0 Å². The Hall–Kier alpha value is -5.91. The van der Waals surface area contributed by atoms with Crippen molar-refractivity contribution in [1.29, 1.82) is 0 Å². The number of aliphatic hydroxyl groups excluding tert-OH is 1. The van der Waals surface area contributed by atoms with Crippen LogP contribution in [0, 0.1) is 29.6 Å². The van der Waals surface area contributed by atoms with Crippen molar-refractivity contribution in [3.8, 4) is 46.0 Å². The summed E-state index contributed by atoms with van der Waals surface area (Å²) in [7, 11) is 0. The van der Waals surface area contributed by atoms with Crippen LogP contribution in [-0.4, -0.2) is 54.4 Å². The van der Waals surface area contributed by atoms with Gasteiger partial charge in [-0.15, -0.1) is 0 Å². The van der Waals surface area contributed by atoms with E-state index < -0.39 is 17.9 Å². The van der Waals surface area contributed by atoms with Gasteiger partial charge < -0.3 is 45.2 Å². The molecule has 3 saturated carbocycles. The fourth-order valence-electron chi connectivity index (χ4n) is 12.8. The van der Waals surface area contributed by atoms with Crippen LogP contribution in [0.5, 0.6) is 46.0 Å². The molecule has 11 nitrogen and oxygen atoms in total. The van der Waals surface area contributed by atoms with Crippen molar-refractivity contribution in [2.75, 3.05) is 6.73 Å². The molecule has 3 fully saturated rings. The molecule has 10 rings (SSSR count). The molecule has 8 atom stereocenters. The summed E-state index contributed by atoms with van der Waals surface area (Å²) in [5, 5.41) is 78.5. The number of rotatable bonds is 13. The van der Waals surface area contributed by atoms with Crippen LogP contribution < -0.4 is 15.2 Å². The van der Waals surface area contributed by atoms with E-state index in [0.717, 1.165) is 55.2 Å². The molecule has 0 radical (unpaired) electrons. The second-order valence-electron chi connectivity index (χ2n) is 18.8. The van der Waals surface area contributed by atoms with E-state index in [0.29, 0.717) is 36.8 Å². The van der Waals surface area contributed by atoms with Gasteiger partial charge in [-0.1, -0.05) is 73.9 Å². The molecular weight excluding hydrogens is 811 g/mol. The second-order valence-corrected chi connectivity index (χ2v) is 18.8. The number of phenolic OH excluding ortho intramolecular Hbond substituents is 6. The zero-order chi connectivity index (χ0) is 44.7. The Morgan fingerprint density at radius 2 is 1.52 bits per heavy atom. The van der Waals surface area contributed by atoms with E-state index >= 15 is 0 Å². The molecule has 5 aliphatic rings. The number of aryl methyl sites for hydroxylation is 1. The standard InChI is InChI=1S/C53H59NO10/c54-29-64-46-21-30(13-17-43(46)58)12-16-42(57)39-23-33(22-32-14-15-37(56)26-44(32)59)38-24-34-25-41(53(18-5-2-6-19-53)35-9-3-1-4-10-35)48(49(38)50(39)61)40-27-45(60)51(62)52(47(34)40)63-28-31-8-7-11-36(55)20-31/h1,3-4,7-11,13-15,17,20-21,26-27,33-34,38-39,41,48-50,55-56,58-62H,2,5-6,12,16,18-19,22-25,28-29,54H2/t33-,34+,38-,39+,41+,48+,49-,50+/m1/s1. The van der Waals surface area contributed by atoms with E-state index in [1.807, 2.05) is 12.1 Å². The van der Waals surface area contributed by atoms with Crippen molar-refractivity contribution in [3.05, 3.63) is 130 Å². The first-order chi connectivity index (χ1) is 30.9. The minimum absolute atomic E-state index is 0.00486. The average Bonchev–Trinajstić information content (AvgIpc) is 3.56. The fraction of sp³-hybridized carbons (Fsp3) is 0.415. The number of nitrogens with two attached hydrogens (primary N) is 1. The number of aromatic hydroxyl groups is 6. The van der Waals surface area contributed by atoms with Gasteiger partial charge in [-0.2, -0.15) is 0 Å². The molecule has 5 aromatic rings. The van der Waals surface area contributed by atoms with Crippen LogP contribution in [0.15, 0.2) is 97.1 Å². The Bertz CT molecular complexity index is 2480. The number of ether oxygens (including phenoxy) is 2. The Balaban J connectivity index is 1.18. The molecular formula is C53H59NO10. The third kappa shape index (κ3) is 8.09. The predicted octanol–water partition coefficient (Wildman–Crippen LogP) is 8.96. The fourth-order valence-corrected chi connectivity index (χ4v) is 12.8. The van der Waals surface area contributed by atoms with Gasteiger partial charge in [-0.3, -0.25) is 10.5 Å². The zero-order valence-corrected chi connectivity index (χ0v) is 36.0. The summed E-state index contributed by atoms with van der Waals surface area (Å²) >= 11 is 0. The number of ketones is 1. The molecule has 0 amide bonds. The highest BCUT2D eigenvalue weighted by molar-refractivity contribution is 5.82. The number of Topliss-reactive ketones (excluding diaryl/α,β-unsaturated/α-hetero) is 1. The topological polar surface area (TPSA) is 203 Å². The first kappa shape index (κ1) is 43.3. The molecule has 0 aromatic heterocycles. The van der Waals surface area contributed by atoms with Crippen molar-refractivity contribution in [2.45, 2.75) is 101 Å². The summed E-state index contributed by atoms with van der Waals surface area (Å²) in [4.78, 5) is 14.8. The van der Waals surface area contributed by atoms with Crippen LogP contribution in [-0.2, 0) is 29.7 Å². The molecule has 64 heavy (non-hydrogen) atoms. The molecule has 5 aliphatic carbocycles. The number of benzene rings is 5. The molecule has 2 bridgehead atoms. The van der Waals surface area contributed by atoms with Crippen LogP contribution in [0.25, 0.3) is 0 Å². The van der Waals surface area contributed by atoms with E-state index in [1.165, 1.54) is 17.7 Å². The third-order valence-electron chi connectivity index (χ3n) is 15.5. The van der Waals surface area contributed by atoms with Gasteiger partial charge in [0.2, 0.25) is 5.75 Å². The van der Waals surface area contributed by atoms with E-state index in [1.54, 1.807) is 48.5 Å². The smallest absolute Gasteiger partial charge is 0.200 e. The van der Waals surface area contributed by atoms with E-state index in [4.69, 9.17) is 15.2 Å². The lowest BCUT2D eigenvalue weighted by Crippen LogP contribution is -2.52. The van der Waals surface area contributed by atoms with Crippen LogP contribution in [0.2, 0.25) is 0 Å². The number of aliphatic hydroxyl groups is 1. The maximum absolute atomic E-state index is 14.8. The average molecular weight is 870 g/mol. The number of carbonyl (C=O) groups excluding carboxylic acids is 1. The monoisotopic (exact) mass is 869 g/mol. The SMILES string of the molecule is NCOc1cc(CCC(=O)[C@@H]2C[C@@H](Cc3ccc(O)cc3O)[C@H]3C[C@H]4C[C@H](C5(c6ccccc6)CCCCC5)[C@H](c5cc(O)c(O)c(OCc6cccc(O)c6)c54)[C@@H]3[C@H]2O)ccc1O. The summed E-state index contributed by atoms with van der Waals surface area (Å²) in [6, 6.07) is 28.7. The predicted molar refractivity (Wildman–Crippen MR) is 241 cm³/mol. The molecule has 336 valence electrons. The van der Waals surface area contributed by atoms with Gasteiger partial charge in [0.1, 0.15) is 36.4 Å². The Morgan fingerprint density at radius 3 is 2.27 bits per heavy atom. The highest BCUT2D eigenvalue weighted by atomic mass is 16.5. The number of hydrogen-bond donors (Lipinski definition) is 8. The van der Waals surface area contributed by atoms with Gasteiger partial charge >= 0.3 is 0 Å². The van der Waals surface area contributed by atoms with Crippen molar-refractivity contribution in [2.24, 2.45) is 35.3 Å². The van der Waals surface area contributed by atoms with Gasteiger partial charge in [0, 0.05) is 24.0 Å². The summed E-state index contributed by atoms with van der Waals surface area (Å²) < 4.78 is 11.9. The lowest BCUT2D eigenvalue weighted by molar-refractivity contribution is -0.136. The molecule has 9 N–H and O–H groups in total. The molecule has 0 heterocycles. The molecule has 0 unspecified atom stereocenters. The molecule has 0 saturated heterocycles. The third-order valence-corrected chi connectivity index (χ3v) is 15.5. The van der Waals surface area contributed by atoms with Gasteiger partial charge in [0.05, 0.1) is 6.10 Å². The summed E-state index contributed by atoms with van der Waals surface area (Å²) in [5.41, 5.74) is 10.3. The van der Waals surface area contributed by atoms with Crippen molar-refractivity contribution in [1.82, 2.24) is 0 Å². The minimum Gasteiger partial charge on any atom is -0.508 e. The highest BCUT2D eigenvalue weighted by Crippen LogP contribution is 2.68. The number of fused-ring (bicyclic) bond motifs is 1. The largest absolute Gasteiger partial charge is 0.508 e. The van der Waals surface area contributed by atoms with Gasteiger partial charge in [-0.05, 0) is 150 Å². The maximum atomic E-state index is 14.8. The highest BCUT2D eigenvalue weighted by Gasteiger charge is 2.60. The summed E-state index contributed by atoms with van der Waals surface area (Å²) in [5.74, 6) is -2.43. The zero-order valence-electron chi connectivity index (χ0n) is 36.0. The Labute approximate surface area is 373 Å². The Morgan fingerprint density at radius 1 is 0.734 bits per heavy atom. The molecule has 0 spiro atoms. The van der Waals surface area contributed by atoms with E-state index in [-0.39, 0.29) is 107 Å². The lowest BCUT2D eigenvalue weighted by Gasteiger charge is -2.54. The number of carbonyl (C=O) groups is 1.